The molecule has 2 rings (SSSR count). The minimum absolute atomic E-state index is 0.0204. The first-order chi connectivity index (χ1) is 24.5. The molecule has 0 saturated heterocycles. The third-order valence-corrected chi connectivity index (χ3v) is 7.71. The average Bonchev–Trinajstić information content (AvgIpc) is 3.10. The van der Waals surface area contributed by atoms with E-state index in [1.807, 2.05) is 13.8 Å². The van der Waals surface area contributed by atoms with Gasteiger partial charge in [0.2, 0.25) is 35.4 Å². The van der Waals surface area contributed by atoms with Crippen molar-refractivity contribution < 1.29 is 43.5 Å². The number of aliphatic carboxylic acids is 1. The molecule has 0 saturated carbocycles. The minimum Gasteiger partial charge on any atom is -0.480 e. The summed E-state index contributed by atoms with van der Waals surface area (Å²) in [6, 6.07) is 10.5. The van der Waals surface area contributed by atoms with Crippen molar-refractivity contribution in [1.82, 2.24) is 37.2 Å². The quantitative estimate of drug-likeness (QED) is 0.0954. The Labute approximate surface area is 302 Å². The normalized spacial score (nSPS) is 14.2. The highest BCUT2D eigenvalue weighted by atomic mass is 16.4. The molecule has 2 aromatic rings. The topological polar surface area (TPSA) is 241 Å². The van der Waals surface area contributed by atoms with E-state index in [-0.39, 0.29) is 18.8 Å². The van der Waals surface area contributed by atoms with Gasteiger partial charge in [0.15, 0.2) is 0 Å². The second-order valence-corrected chi connectivity index (χ2v) is 12.8. The summed E-state index contributed by atoms with van der Waals surface area (Å²) in [6.45, 7) is 8.66. The van der Waals surface area contributed by atoms with Crippen LogP contribution < -0.4 is 37.2 Å². The van der Waals surface area contributed by atoms with Crippen LogP contribution in [0.3, 0.4) is 0 Å². The van der Waals surface area contributed by atoms with Gasteiger partial charge < -0.3 is 42.3 Å². The first-order valence-corrected chi connectivity index (χ1v) is 16.9. The van der Waals surface area contributed by atoms with Crippen LogP contribution in [-0.4, -0.2) is 95.2 Å². The first-order valence-electron chi connectivity index (χ1n) is 16.9. The van der Waals surface area contributed by atoms with Gasteiger partial charge in [-0.25, -0.2) is 4.79 Å². The molecule has 0 aromatic heterocycles. The predicted octanol–water partition coefficient (Wildman–Crippen LogP) is -0.222. The number of hydrogen-bond acceptors (Lipinski definition) is 8. The molecule has 0 fully saturated rings. The standard InChI is InChI=1S/C36H49N7O9/c1-20(2)17-28(36(51)52)43-35(50)27(18-25-13-9-7-10-14-25)42-29(44)19-37-30(45)21(3)38-31(46)22(4)39-32(47)23(5)40-33(48)24(6)41-34(49)26-15-11-8-12-16-26/h7-16,20-24,27-28H,17-19H2,1-6H3,(H,37,45)(H,38,46)(H,39,47)(H,40,48)(H,41,49)(H,42,44)(H,43,50)(H,51,52)/t21-,22-,23-,24-,27-,28-/m0/s1. The molecule has 52 heavy (non-hydrogen) atoms. The molecule has 7 amide bonds. The van der Waals surface area contributed by atoms with Gasteiger partial charge in [-0.2, -0.15) is 0 Å². The second kappa shape index (κ2) is 20.8. The number of benzene rings is 2. The van der Waals surface area contributed by atoms with Crippen molar-refractivity contribution >= 4 is 47.3 Å². The van der Waals surface area contributed by atoms with Crippen LogP contribution in [0.5, 0.6) is 0 Å². The maximum atomic E-state index is 13.1. The highest BCUT2D eigenvalue weighted by Crippen LogP contribution is 2.08. The van der Waals surface area contributed by atoms with Crippen LogP contribution in [0.4, 0.5) is 0 Å². The Morgan fingerprint density at radius 1 is 0.538 bits per heavy atom. The van der Waals surface area contributed by atoms with Crippen molar-refractivity contribution in [2.45, 2.75) is 90.6 Å². The smallest absolute Gasteiger partial charge is 0.326 e. The van der Waals surface area contributed by atoms with Gasteiger partial charge in [0.05, 0.1) is 6.54 Å². The number of carbonyl (C=O) groups excluding carboxylic acids is 7. The maximum Gasteiger partial charge on any atom is 0.326 e. The molecule has 16 nitrogen and oxygen atoms in total. The lowest BCUT2D eigenvalue weighted by Gasteiger charge is -2.23. The lowest BCUT2D eigenvalue weighted by molar-refractivity contribution is -0.142. The van der Waals surface area contributed by atoms with E-state index in [9.17, 15) is 43.5 Å². The third-order valence-electron chi connectivity index (χ3n) is 7.71. The van der Waals surface area contributed by atoms with Crippen LogP contribution >= 0.6 is 0 Å². The molecule has 16 heteroatoms. The highest BCUT2D eigenvalue weighted by Gasteiger charge is 2.29. The number of amides is 7. The molecular formula is C36H49N7O9. The third kappa shape index (κ3) is 14.6. The van der Waals surface area contributed by atoms with Crippen LogP contribution in [-0.2, 0) is 40.0 Å². The monoisotopic (exact) mass is 723 g/mol. The lowest BCUT2D eigenvalue weighted by Crippen LogP contribution is -2.57. The van der Waals surface area contributed by atoms with Crippen LogP contribution in [0.15, 0.2) is 60.7 Å². The van der Waals surface area contributed by atoms with Crippen molar-refractivity contribution in [2.24, 2.45) is 5.92 Å². The van der Waals surface area contributed by atoms with E-state index >= 15 is 0 Å². The molecule has 0 radical (unpaired) electrons. The first kappa shape index (κ1) is 42.4. The summed E-state index contributed by atoms with van der Waals surface area (Å²) in [4.78, 5) is 101. The molecule has 0 spiro atoms. The van der Waals surface area contributed by atoms with E-state index in [0.717, 1.165) is 0 Å². The van der Waals surface area contributed by atoms with Gasteiger partial charge in [0.1, 0.15) is 36.3 Å². The number of carboxylic acid groups (broad SMARTS) is 1. The van der Waals surface area contributed by atoms with Gasteiger partial charge in [0, 0.05) is 12.0 Å². The number of nitrogens with one attached hydrogen (secondary N) is 7. The molecule has 0 aliphatic carbocycles. The van der Waals surface area contributed by atoms with E-state index in [0.29, 0.717) is 11.1 Å². The molecule has 2 aromatic carbocycles. The number of carboxylic acids is 1. The van der Waals surface area contributed by atoms with Crippen molar-refractivity contribution in [3.63, 3.8) is 0 Å². The van der Waals surface area contributed by atoms with Crippen LogP contribution in [0, 0.1) is 5.92 Å². The fraction of sp³-hybridized carbons (Fsp3) is 0.444. The Kier molecular flexibility index (Phi) is 16.9. The Balaban J connectivity index is 1.87. The summed E-state index contributed by atoms with van der Waals surface area (Å²) in [5.41, 5.74) is 1.07. The van der Waals surface area contributed by atoms with E-state index in [1.54, 1.807) is 60.7 Å². The molecule has 0 unspecified atom stereocenters. The zero-order chi connectivity index (χ0) is 39.0. The molecule has 0 bridgehead atoms. The summed E-state index contributed by atoms with van der Waals surface area (Å²) < 4.78 is 0. The van der Waals surface area contributed by atoms with E-state index in [2.05, 4.69) is 37.2 Å². The molecule has 6 atom stereocenters. The van der Waals surface area contributed by atoms with E-state index in [4.69, 9.17) is 0 Å². The Morgan fingerprint density at radius 3 is 1.48 bits per heavy atom. The fourth-order valence-corrected chi connectivity index (χ4v) is 4.74. The van der Waals surface area contributed by atoms with Crippen LogP contribution in [0.25, 0.3) is 0 Å². The molecular weight excluding hydrogens is 674 g/mol. The van der Waals surface area contributed by atoms with Gasteiger partial charge in [-0.05, 0) is 57.7 Å². The fourth-order valence-electron chi connectivity index (χ4n) is 4.74. The Bertz CT molecular complexity index is 1570. The lowest BCUT2D eigenvalue weighted by atomic mass is 10.0. The van der Waals surface area contributed by atoms with E-state index < -0.39 is 90.1 Å². The number of rotatable bonds is 19. The zero-order valence-electron chi connectivity index (χ0n) is 30.1. The molecule has 0 heterocycles. The SMILES string of the molecule is CC(C)C[C@H](NC(=O)[C@H](Cc1ccccc1)NC(=O)CNC(=O)[C@H](C)NC(=O)[C@H](C)NC(=O)[C@H](C)NC(=O)[C@H](C)NC(=O)c1ccccc1)C(=O)O. The van der Waals surface area contributed by atoms with Gasteiger partial charge in [-0.3, -0.25) is 33.6 Å². The van der Waals surface area contributed by atoms with Crippen molar-refractivity contribution in [1.29, 1.82) is 0 Å². The number of carbonyl (C=O) groups is 8. The highest BCUT2D eigenvalue weighted by molar-refractivity contribution is 5.99. The Hall–Kier alpha value is -5.80. The second-order valence-electron chi connectivity index (χ2n) is 12.8. The predicted molar refractivity (Wildman–Crippen MR) is 190 cm³/mol. The van der Waals surface area contributed by atoms with Crippen molar-refractivity contribution in [3.8, 4) is 0 Å². The zero-order valence-corrected chi connectivity index (χ0v) is 30.1. The summed E-state index contributed by atoms with van der Waals surface area (Å²) in [7, 11) is 0. The summed E-state index contributed by atoms with van der Waals surface area (Å²) in [5.74, 6) is -5.91. The van der Waals surface area contributed by atoms with Crippen LogP contribution in [0.1, 0.15) is 63.9 Å². The summed E-state index contributed by atoms with van der Waals surface area (Å²) in [5, 5.41) is 26.9. The van der Waals surface area contributed by atoms with E-state index in [1.165, 1.54) is 27.7 Å². The van der Waals surface area contributed by atoms with Crippen LogP contribution in [0.2, 0.25) is 0 Å². The molecule has 8 N–H and O–H groups in total. The maximum absolute atomic E-state index is 13.1. The minimum atomic E-state index is -1.21. The van der Waals surface area contributed by atoms with Gasteiger partial charge in [-0.15, -0.1) is 0 Å². The van der Waals surface area contributed by atoms with Crippen molar-refractivity contribution in [3.05, 3.63) is 71.8 Å². The largest absolute Gasteiger partial charge is 0.480 e. The summed E-state index contributed by atoms with van der Waals surface area (Å²) >= 11 is 0. The molecule has 0 aliphatic heterocycles. The van der Waals surface area contributed by atoms with Gasteiger partial charge in [0.25, 0.3) is 5.91 Å². The molecule has 0 aliphatic rings. The Morgan fingerprint density at radius 2 is 1.00 bits per heavy atom. The number of hydrogen-bond donors (Lipinski definition) is 8. The van der Waals surface area contributed by atoms with Gasteiger partial charge in [-0.1, -0.05) is 62.4 Å². The average molecular weight is 724 g/mol. The van der Waals surface area contributed by atoms with Crippen molar-refractivity contribution in [2.75, 3.05) is 6.54 Å². The molecule has 282 valence electrons. The van der Waals surface area contributed by atoms with Gasteiger partial charge >= 0.3 is 5.97 Å². The summed E-state index contributed by atoms with van der Waals surface area (Å²) in [6.07, 6.45) is 0.239.